The van der Waals surface area contributed by atoms with Crippen molar-refractivity contribution in [3.05, 3.63) is 53.7 Å². The van der Waals surface area contributed by atoms with E-state index in [-0.39, 0.29) is 23.6 Å². The Morgan fingerprint density at radius 3 is 1.95 bits per heavy atom. The Labute approximate surface area is 236 Å². The molecule has 4 heterocycles. The molecule has 0 saturated carbocycles. The van der Waals surface area contributed by atoms with Gasteiger partial charge in [-0.2, -0.15) is 0 Å². The molecule has 3 aliphatic rings. The number of amides is 3. The minimum Gasteiger partial charge on any atom is -0.380 e. The Morgan fingerprint density at radius 2 is 1.38 bits per heavy atom. The predicted octanol–water partition coefficient (Wildman–Crippen LogP) is 2.58. The van der Waals surface area contributed by atoms with Gasteiger partial charge in [-0.1, -0.05) is 0 Å². The van der Waals surface area contributed by atoms with Crippen LogP contribution in [0.2, 0.25) is 0 Å². The van der Waals surface area contributed by atoms with Crippen molar-refractivity contribution in [2.75, 3.05) is 75.8 Å². The van der Waals surface area contributed by atoms with E-state index in [1.165, 1.54) is 0 Å². The standard InChI is InChI=1S/C30H40N6O4/c1-22(2)32-26-4-3-11-31-27(26)33-14-16-35(17-15-33)29(38)24-7-5-23(6-8-24)28(37)34-12-9-25(10-13-34)30(39)36-18-20-40-21-19-36/h3-8,11,22,25,32H,9-10,12-21H2,1-2H3. The molecule has 3 fully saturated rings. The summed E-state index contributed by atoms with van der Waals surface area (Å²) in [4.78, 5) is 51.5. The van der Waals surface area contributed by atoms with Crippen molar-refractivity contribution < 1.29 is 19.1 Å². The Balaban J connectivity index is 1.12. The number of morpholine rings is 1. The number of rotatable bonds is 6. The number of carbonyl (C=O) groups is 3. The fourth-order valence-electron chi connectivity index (χ4n) is 5.69. The fraction of sp³-hybridized carbons (Fsp3) is 0.533. The number of ether oxygens (including phenoxy) is 1. The highest BCUT2D eigenvalue weighted by atomic mass is 16.5. The van der Waals surface area contributed by atoms with Crippen LogP contribution in [0.1, 0.15) is 47.4 Å². The Morgan fingerprint density at radius 1 is 0.800 bits per heavy atom. The zero-order chi connectivity index (χ0) is 28.1. The number of carbonyl (C=O) groups excluding carboxylic acids is 3. The van der Waals surface area contributed by atoms with Crippen LogP contribution in [0.4, 0.5) is 11.5 Å². The van der Waals surface area contributed by atoms with E-state index in [2.05, 4.69) is 29.0 Å². The van der Waals surface area contributed by atoms with Gasteiger partial charge in [-0.15, -0.1) is 0 Å². The molecule has 0 spiro atoms. The summed E-state index contributed by atoms with van der Waals surface area (Å²) in [7, 11) is 0. The monoisotopic (exact) mass is 548 g/mol. The number of piperidine rings is 1. The normalized spacial score (nSPS) is 18.7. The summed E-state index contributed by atoms with van der Waals surface area (Å²) in [5, 5.41) is 3.45. The molecule has 10 nitrogen and oxygen atoms in total. The van der Waals surface area contributed by atoms with Crippen molar-refractivity contribution in [1.82, 2.24) is 19.7 Å². The van der Waals surface area contributed by atoms with Crippen molar-refractivity contribution in [3.63, 3.8) is 0 Å². The molecule has 0 aliphatic carbocycles. The summed E-state index contributed by atoms with van der Waals surface area (Å²) in [5.74, 6) is 1.000. The average molecular weight is 549 g/mol. The molecule has 1 N–H and O–H groups in total. The highest BCUT2D eigenvalue weighted by Gasteiger charge is 2.31. The quantitative estimate of drug-likeness (QED) is 0.593. The van der Waals surface area contributed by atoms with E-state index in [0.29, 0.717) is 95.6 Å². The average Bonchev–Trinajstić information content (AvgIpc) is 3.01. The van der Waals surface area contributed by atoms with E-state index in [9.17, 15) is 14.4 Å². The smallest absolute Gasteiger partial charge is 0.253 e. The molecule has 1 aromatic heterocycles. The summed E-state index contributed by atoms with van der Waals surface area (Å²) in [5.41, 5.74) is 2.16. The van der Waals surface area contributed by atoms with Crippen molar-refractivity contribution in [2.45, 2.75) is 32.7 Å². The highest BCUT2D eigenvalue weighted by Crippen LogP contribution is 2.25. The van der Waals surface area contributed by atoms with Gasteiger partial charge < -0.3 is 29.7 Å². The summed E-state index contributed by atoms with van der Waals surface area (Å²) in [6, 6.07) is 11.3. The maximum atomic E-state index is 13.2. The van der Waals surface area contributed by atoms with Crippen LogP contribution in [-0.4, -0.2) is 109 Å². The third-order valence-electron chi connectivity index (χ3n) is 7.93. The number of pyridine rings is 1. The number of aromatic nitrogens is 1. The predicted molar refractivity (Wildman–Crippen MR) is 154 cm³/mol. The summed E-state index contributed by atoms with van der Waals surface area (Å²) < 4.78 is 5.35. The third kappa shape index (κ3) is 6.38. The fourth-order valence-corrected chi connectivity index (χ4v) is 5.69. The van der Waals surface area contributed by atoms with Crippen LogP contribution in [0.25, 0.3) is 0 Å². The van der Waals surface area contributed by atoms with Gasteiger partial charge in [0.1, 0.15) is 0 Å². The van der Waals surface area contributed by atoms with E-state index in [1.807, 2.05) is 26.8 Å². The Kier molecular flexibility index (Phi) is 8.84. The minimum atomic E-state index is -0.0499. The van der Waals surface area contributed by atoms with Gasteiger partial charge in [0, 0.05) is 81.6 Å². The first-order chi connectivity index (χ1) is 19.4. The van der Waals surface area contributed by atoms with Crippen LogP contribution in [0.3, 0.4) is 0 Å². The number of hydrogen-bond donors (Lipinski definition) is 1. The van der Waals surface area contributed by atoms with E-state index in [4.69, 9.17) is 4.74 Å². The molecule has 0 unspecified atom stereocenters. The van der Waals surface area contributed by atoms with Crippen LogP contribution < -0.4 is 10.2 Å². The highest BCUT2D eigenvalue weighted by molar-refractivity contribution is 5.98. The molecule has 0 bridgehead atoms. The third-order valence-corrected chi connectivity index (χ3v) is 7.93. The van der Waals surface area contributed by atoms with E-state index < -0.39 is 0 Å². The second-order valence-electron chi connectivity index (χ2n) is 11.0. The molecule has 2 aromatic rings. The van der Waals surface area contributed by atoms with Gasteiger partial charge in [0.05, 0.1) is 18.9 Å². The zero-order valence-corrected chi connectivity index (χ0v) is 23.6. The molecule has 40 heavy (non-hydrogen) atoms. The van der Waals surface area contributed by atoms with Crippen LogP contribution in [0, 0.1) is 5.92 Å². The van der Waals surface area contributed by atoms with E-state index in [0.717, 1.165) is 11.5 Å². The first-order valence-electron chi connectivity index (χ1n) is 14.4. The van der Waals surface area contributed by atoms with Gasteiger partial charge in [-0.25, -0.2) is 4.98 Å². The van der Waals surface area contributed by atoms with Gasteiger partial charge in [-0.05, 0) is 63.1 Å². The lowest BCUT2D eigenvalue weighted by Gasteiger charge is -2.36. The number of nitrogens with zero attached hydrogens (tertiary/aromatic N) is 5. The lowest BCUT2D eigenvalue weighted by atomic mass is 9.94. The molecule has 3 aliphatic heterocycles. The van der Waals surface area contributed by atoms with Gasteiger partial charge in [0.2, 0.25) is 5.91 Å². The molecule has 10 heteroatoms. The second-order valence-corrected chi connectivity index (χ2v) is 11.0. The van der Waals surface area contributed by atoms with Crippen molar-refractivity contribution in [2.24, 2.45) is 5.92 Å². The van der Waals surface area contributed by atoms with Crippen LogP contribution in [0.15, 0.2) is 42.6 Å². The Bertz CT molecular complexity index is 1180. The zero-order valence-electron chi connectivity index (χ0n) is 23.6. The summed E-state index contributed by atoms with van der Waals surface area (Å²) >= 11 is 0. The number of hydrogen-bond acceptors (Lipinski definition) is 7. The van der Waals surface area contributed by atoms with Gasteiger partial charge in [0.25, 0.3) is 11.8 Å². The molecule has 3 saturated heterocycles. The molecular formula is C30H40N6O4. The lowest BCUT2D eigenvalue weighted by Crippen LogP contribution is -2.49. The molecule has 214 valence electrons. The molecule has 5 rings (SSSR count). The SMILES string of the molecule is CC(C)Nc1cccnc1N1CCN(C(=O)c2ccc(C(=O)N3CCC(C(=O)N4CCOCC4)CC3)cc2)CC1. The number of piperazine rings is 1. The number of likely N-dealkylation sites (tertiary alicyclic amines) is 1. The topological polar surface area (TPSA) is 98.3 Å². The van der Waals surface area contributed by atoms with Crippen LogP contribution in [-0.2, 0) is 9.53 Å². The first-order valence-corrected chi connectivity index (χ1v) is 14.4. The molecular weight excluding hydrogens is 508 g/mol. The second kappa shape index (κ2) is 12.7. The van der Waals surface area contributed by atoms with Gasteiger partial charge >= 0.3 is 0 Å². The lowest BCUT2D eigenvalue weighted by molar-refractivity contribution is -0.141. The minimum absolute atomic E-state index is 0.0253. The number of anilines is 2. The molecule has 0 atom stereocenters. The van der Waals surface area contributed by atoms with E-state index >= 15 is 0 Å². The number of nitrogens with one attached hydrogen (secondary N) is 1. The van der Waals surface area contributed by atoms with Crippen molar-refractivity contribution in [1.29, 1.82) is 0 Å². The van der Waals surface area contributed by atoms with Crippen molar-refractivity contribution in [3.8, 4) is 0 Å². The van der Waals surface area contributed by atoms with Crippen LogP contribution in [0.5, 0.6) is 0 Å². The first kappa shape index (κ1) is 27.9. The van der Waals surface area contributed by atoms with Crippen molar-refractivity contribution >= 4 is 29.2 Å². The molecule has 0 radical (unpaired) electrons. The summed E-state index contributed by atoms with van der Waals surface area (Å²) in [6.45, 7) is 10.5. The summed E-state index contributed by atoms with van der Waals surface area (Å²) in [6.07, 6.45) is 3.16. The van der Waals surface area contributed by atoms with Crippen LogP contribution >= 0.6 is 0 Å². The maximum Gasteiger partial charge on any atom is 0.253 e. The largest absolute Gasteiger partial charge is 0.380 e. The molecule has 3 amide bonds. The van der Waals surface area contributed by atoms with E-state index in [1.54, 1.807) is 30.5 Å². The molecule has 1 aromatic carbocycles. The maximum absolute atomic E-state index is 13.2. The Hall–Kier alpha value is -3.66. The number of benzene rings is 1. The van der Waals surface area contributed by atoms with Gasteiger partial charge in [-0.3, -0.25) is 14.4 Å². The van der Waals surface area contributed by atoms with Gasteiger partial charge in [0.15, 0.2) is 5.82 Å².